The van der Waals surface area contributed by atoms with E-state index in [9.17, 15) is 0 Å². The van der Waals surface area contributed by atoms with Crippen LogP contribution in [0.4, 0.5) is 0 Å². The van der Waals surface area contributed by atoms with Crippen molar-refractivity contribution in [2.75, 3.05) is 6.54 Å². The molecule has 0 aliphatic heterocycles. The highest BCUT2D eigenvalue weighted by atomic mass is 15.0. The molecular formula is C14H27N. The van der Waals surface area contributed by atoms with Gasteiger partial charge in [-0.1, -0.05) is 40.2 Å². The van der Waals surface area contributed by atoms with Crippen LogP contribution in [0.5, 0.6) is 0 Å². The SMILES string of the molecule is C=C(C)CC(NCC)C1C(C)(C)C1(C)C. The molecule has 0 spiro atoms. The Hall–Kier alpha value is -0.300. The van der Waals surface area contributed by atoms with Crippen LogP contribution in [0.3, 0.4) is 0 Å². The van der Waals surface area contributed by atoms with Crippen molar-refractivity contribution in [2.45, 2.75) is 54.0 Å². The van der Waals surface area contributed by atoms with E-state index in [4.69, 9.17) is 0 Å². The lowest BCUT2D eigenvalue weighted by atomic mass is 9.98. The van der Waals surface area contributed by atoms with E-state index >= 15 is 0 Å². The van der Waals surface area contributed by atoms with Crippen molar-refractivity contribution in [3.8, 4) is 0 Å². The van der Waals surface area contributed by atoms with Gasteiger partial charge in [0, 0.05) is 6.04 Å². The van der Waals surface area contributed by atoms with Gasteiger partial charge in [0.15, 0.2) is 0 Å². The van der Waals surface area contributed by atoms with Crippen LogP contribution in [-0.4, -0.2) is 12.6 Å². The predicted octanol–water partition coefficient (Wildman–Crippen LogP) is 3.61. The van der Waals surface area contributed by atoms with E-state index in [0.717, 1.165) is 18.9 Å². The smallest absolute Gasteiger partial charge is 0.0143 e. The van der Waals surface area contributed by atoms with Crippen LogP contribution in [0.1, 0.15) is 48.0 Å². The Balaban J connectivity index is 2.71. The second-order valence-corrected chi connectivity index (χ2v) is 6.25. The number of hydrogen-bond donors (Lipinski definition) is 1. The third kappa shape index (κ3) is 2.13. The molecule has 0 aromatic rings. The van der Waals surface area contributed by atoms with Gasteiger partial charge in [-0.3, -0.25) is 0 Å². The quantitative estimate of drug-likeness (QED) is 0.682. The summed E-state index contributed by atoms with van der Waals surface area (Å²) in [5.41, 5.74) is 2.23. The predicted molar refractivity (Wildman–Crippen MR) is 67.9 cm³/mol. The molecule has 1 atom stereocenters. The van der Waals surface area contributed by atoms with Crippen molar-refractivity contribution in [3.63, 3.8) is 0 Å². The van der Waals surface area contributed by atoms with Gasteiger partial charge in [-0.15, -0.1) is 6.58 Å². The monoisotopic (exact) mass is 209 g/mol. The van der Waals surface area contributed by atoms with Crippen LogP contribution in [0, 0.1) is 16.7 Å². The van der Waals surface area contributed by atoms with Crippen LogP contribution in [0.2, 0.25) is 0 Å². The Kier molecular flexibility index (Phi) is 3.35. The minimum absolute atomic E-state index is 0.468. The maximum Gasteiger partial charge on any atom is 0.0143 e. The molecule has 0 saturated heterocycles. The van der Waals surface area contributed by atoms with Crippen LogP contribution < -0.4 is 5.32 Å². The molecule has 0 aromatic heterocycles. The van der Waals surface area contributed by atoms with E-state index < -0.39 is 0 Å². The molecule has 1 unspecified atom stereocenters. The zero-order valence-electron chi connectivity index (χ0n) is 11.3. The maximum atomic E-state index is 4.04. The molecule has 0 aromatic carbocycles. The average molecular weight is 209 g/mol. The topological polar surface area (TPSA) is 12.0 Å². The Labute approximate surface area is 95.3 Å². The molecule has 1 heteroatoms. The highest BCUT2D eigenvalue weighted by Gasteiger charge is 2.66. The molecule has 1 saturated carbocycles. The number of nitrogens with one attached hydrogen (secondary N) is 1. The molecule has 0 radical (unpaired) electrons. The van der Waals surface area contributed by atoms with Crippen LogP contribution in [-0.2, 0) is 0 Å². The first kappa shape index (κ1) is 12.8. The Morgan fingerprint density at radius 3 is 2.00 bits per heavy atom. The molecule has 0 heterocycles. The van der Waals surface area contributed by atoms with Crippen molar-refractivity contribution in [1.82, 2.24) is 5.32 Å². The van der Waals surface area contributed by atoms with Gasteiger partial charge in [-0.2, -0.15) is 0 Å². The molecule has 1 N–H and O–H groups in total. The summed E-state index contributed by atoms with van der Waals surface area (Å²) in [5.74, 6) is 0.779. The van der Waals surface area contributed by atoms with Crippen LogP contribution >= 0.6 is 0 Å². The van der Waals surface area contributed by atoms with Gasteiger partial charge in [0.2, 0.25) is 0 Å². The molecule has 0 amide bonds. The van der Waals surface area contributed by atoms with E-state index in [1.807, 2.05) is 0 Å². The zero-order valence-corrected chi connectivity index (χ0v) is 11.3. The lowest BCUT2D eigenvalue weighted by Crippen LogP contribution is -2.33. The minimum atomic E-state index is 0.468. The second-order valence-electron chi connectivity index (χ2n) is 6.25. The molecule has 1 aliphatic carbocycles. The van der Waals surface area contributed by atoms with Gasteiger partial charge in [-0.25, -0.2) is 0 Å². The summed E-state index contributed by atoms with van der Waals surface area (Å²) in [6, 6.07) is 0.609. The zero-order chi connectivity index (χ0) is 11.9. The summed E-state index contributed by atoms with van der Waals surface area (Å²) < 4.78 is 0. The van der Waals surface area contributed by atoms with Gasteiger partial charge < -0.3 is 5.32 Å². The van der Waals surface area contributed by atoms with Crippen molar-refractivity contribution in [1.29, 1.82) is 0 Å². The fraction of sp³-hybridized carbons (Fsp3) is 0.857. The minimum Gasteiger partial charge on any atom is -0.314 e. The van der Waals surface area contributed by atoms with Crippen molar-refractivity contribution in [2.24, 2.45) is 16.7 Å². The fourth-order valence-electron chi connectivity index (χ4n) is 3.20. The van der Waals surface area contributed by atoms with Crippen molar-refractivity contribution in [3.05, 3.63) is 12.2 Å². The van der Waals surface area contributed by atoms with E-state index in [1.165, 1.54) is 5.57 Å². The highest BCUT2D eigenvalue weighted by Crippen LogP contribution is 2.70. The molecule has 0 bridgehead atoms. The fourth-order valence-corrected chi connectivity index (χ4v) is 3.20. The standard InChI is InChI=1S/C14H27N/c1-8-15-11(9-10(2)3)12-13(4,5)14(12,6)7/h11-12,15H,2,8-9H2,1,3-7H3. The van der Waals surface area contributed by atoms with Crippen molar-refractivity contribution >= 4 is 0 Å². The second kappa shape index (κ2) is 3.93. The maximum absolute atomic E-state index is 4.04. The van der Waals surface area contributed by atoms with E-state index in [-0.39, 0.29) is 0 Å². The lowest BCUT2D eigenvalue weighted by Gasteiger charge is -2.20. The van der Waals surface area contributed by atoms with Crippen LogP contribution in [0.15, 0.2) is 12.2 Å². The molecule has 1 rings (SSSR count). The Morgan fingerprint density at radius 1 is 1.27 bits per heavy atom. The third-order valence-electron chi connectivity index (χ3n) is 4.57. The van der Waals surface area contributed by atoms with Gasteiger partial charge in [0.1, 0.15) is 0 Å². The Morgan fingerprint density at radius 2 is 1.73 bits per heavy atom. The molecule has 1 aliphatic rings. The van der Waals surface area contributed by atoms with Crippen LogP contribution in [0.25, 0.3) is 0 Å². The molecular weight excluding hydrogens is 182 g/mol. The van der Waals surface area contributed by atoms with E-state index in [1.54, 1.807) is 0 Å². The van der Waals surface area contributed by atoms with Gasteiger partial charge in [0.05, 0.1) is 0 Å². The van der Waals surface area contributed by atoms with Crippen molar-refractivity contribution < 1.29 is 0 Å². The summed E-state index contributed by atoms with van der Waals surface area (Å²) in [5, 5.41) is 3.63. The van der Waals surface area contributed by atoms with E-state index in [0.29, 0.717) is 16.9 Å². The first-order valence-electron chi connectivity index (χ1n) is 6.13. The first-order valence-corrected chi connectivity index (χ1v) is 6.13. The van der Waals surface area contributed by atoms with Gasteiger partial charge in [-0.05, 0) is 36.6 Å². The molecule has 88 valence electrons. The largest absolute Gasteiger partial charge is 0.314 e. The van der Waals surface area contributed by atoms with Gasteiger partial charge in [0.25, 0.3) is 0 Å². The van der Waals surface area contributed by atoms with E-state index in [2.05, 4.69) is 53.4 Å². The number of hydrogen-bond acceptors (Lipinski definition) is 1. The highest BCUT2D eigenvalue weighted by molar-refractivity contribution is 5.17. The summed E-state index contributed by atoms with van der Waals surface area (Å²) in [4.78, 5) is 0. The lowest BCUT2D eigenvalue weighted by molar-refractivity contribution is 0.402. The third-order valence-corrected chi connectivity index (χ3v) is 4.57. The number of rotatable bonds is 5. The normalized spacial score (nSPS) is 24.9. The summed E-state index contributed by atoms with van der Waals surface area (Å²) >= 11 is 0. The molecule has 1 nitrogen and oxygen atoms in total. The van der Waals surface area contributed by atoms with Gasteiger partial charge >= 0.3 is 0 Å². The summed E-state index contributed by atoms with van der Waals surface area (Å²) in [6.07, 6.45) is 1.12. The molecule has 1 fully saturated rings. The first-order chi connectivity index (χ1) is 6.75. The molecule has 15 heavy (non-hydrogen) atoms. The average Bonchev–Trinajstić information content (AvgIpc) is 2.41. The Bertz CT molecular complexity index is 236. The summed E-state index contributed by atoms with van der Waals surface area (Å²) in [7, 11) is 0. The summed E-state index contributed by atoms with van der Waals surface area (Å²) in [6.45, 7) is 19.0.